The van der Waals surface area contributed by atoms with Gasteiger partial charge in [0.05, 0.1) is 17.8 Å². The predicted octanol–water partition coefficient (Wildman–Crippen LogP) is 2.57. The normalized spacial score (nSPS) is 23.2. The number of benzene rings is 1. The third kappa shape index (κ3) is 3.67. The summed E-state index contributed by atoms with van der Waals surface area (Å²) < 4.78 is 0.785. The van der Waals surface area contributed by atoms with Crippen LogP contribution in [0.3, 0.4) is 0 Å². The number of carbonyl (C=O) groups excluding carboxylic acids is 3. The third-order valence-corrected chi connectivity index (χ3v) is 6.13. The molecule has 27 heavy (non-hydrogen) atoms. The Balaban J connectivity index is 1.49. The number of nitrogens with zero attached hydrogens (tertiary/aromatic N) is 2. The minimum Gasteiger partial charge on any atom is -0.335 e. The average molecular weight is 435 g/mol. The molecule has 0 spiro atoms. The number of amides is 4. The molecule has 2 aliphatic heterocycles. The minimum atomic E-state index is -0.672. The van der Waals surface area contributed by atoms with E-state index in [0.717, 1.165) is 30.2 Å². The van der Waals surface area contributed by atoms with Crippen LogP contribution in [0.1, 0.15) is 42.5 Å². The second kappa shape index (κ2) is 7.50. The molecule has 1 aliphatic carbocycles. The van der Waals surface area contributed by atoms with E-state index < -0.39 is 6.04 Å². The number of anilines is 1. The minimum absolute atomic E-state index is 0.133. The summed E-state index contributed by atoms with van der Waals surface area (Å²) in [7, 11) is 0. The van der Waals surface area contributed by atoms with E-state index >= 15 is 0 Å². The molecule has 0 radical (unpaired) electrons. The van der Waals surface area contributed by atoms with Gasteiger partial charge in [0.15, 0.2) is 0 Å². The van der Waals surface area contributed by atoms with Gasteiger partial charge in [0.1, 0.15) is 6.04 Å². The highest BCUT2D eigenvalue weighted by atomic mass is 79.9. The lowest BCUT2D eigenvalue weighted by Crippen LogP contribution is -2.61. The van der Waals surface area contributed by atoms with Crippen LogP contribution in [0.5, 0.6) is 0 Å². The molecule has 1 aromatic carbocycles. The Bertz CT molecular complexity index is 778. The zero-order valence-corrected chi connectivity index (χ0v) is 16.6. The fourth-order valence-electron chi connectivity index (χ4n) is 4.12. The summed E-state index contributed by atoms with van der Waals surface area (Å²) in [6.07, 6.45) is 5.54. The highest BCUT2D eigenvalue weighted by molar-refractivity contribution is 9.10. The van der Waals surface area contributed by atoms with E-state index in [9.17, 15) is 14.4 Å². The van der Waals surface area contributed by atoms with E-state index in [0.29, 0.717) is 24.3 Å². The molecule has 1 saturated carbocycles. The summed E-state index contributed by atoms with van der Waals surface area (Å²) >= 11 is 3.38. The van der Waals surface area contributed by atoms with Gasteiger partial charge in [-0.1, -0.05) is 35.2 Å². The van der Waals surface area contributed by atoms with Crippen molar-refractivity contribution in [2.24, 2.45) is 0 Å². The number of urea groups is 1. The standard InChI is InChI=1S/C19H23BrN4O3/c20-12-6-7-15-14(10-12)18(26)24-9-8-23(11-16(24)17(25)22-15)19(27)21-13-4-2-1-3-5-13/h6-7,10,13,16H,1-5,8-9,11H2,(H,21,27)(H,22,25)/t16-/m0/s1. The van der Waals surface area contributed by atoms with Crippen molar-refractivity contribution in [2.75, 3.05) is 25.0 Å². The molecule has 4 amide bonds. The van der Waals surface area contributed by atoms with Crippen LogP contribution in [0.2, 0.25) is 0 Å². The summed E-state index contributed by atoms with van der Waals surface area (Å²) in [6.45, 7) is 0.990. The van der Waals surface area contributed by atoms with Gasteiger partial charge in [0, 0.05) is 23.6 Å². The first-order valence-electron chi connectivity index (χ1n) is 9.50. The van der Waals surface area contributed by atoms with Gasteiger partial charge in [-0.3, -0.25) is 9.59 Å². The summed E-state index contributed by atoms with van der Waals surface area (Å²) in [5.74, 6) is -0.429. The molecule has 0 unspecified atom stereocenters. The summed E-state index contributed by atoms with van der Waals surface area (Å²) in [5, 5.41) is 5.94. The molecule has 2 fully saturated rings. The Morgan fingerprint density at radius 3 is 2.70 bits per heavy atom. The number of rotatable bonds is 1. The van der Waals surface area contributed by atoms with Gasteiger partial charge in [0.25, 0.3) is 5.91 Å². The van der Waals surface area contributed by atoms with Crippen LogP contribution in [0.15, 0.2) is 22.7 Å². The smallest absolute Gasteiger partial charge is 0.317 e. The van der Waals surface area contributed by atoms with Crippen molar-refractivity contribution in [3.63, 3.8) is 0 Å². The number of hydrogen-bond acceptors (Lipinski definition) is 3. The lowest BCUT2D eigenvalue weighted by molar-refractivity contribution is -0.121. The van der Waals surface area contributed by atoms with Crippen molar-refractivity contribution >= 4 is 39.5 Å². The first-order valence-corrected chi connectivity index (χ1v) is 10.3. The first-order chi connectivity index (χ1) is 13.0. The maximum atomic E-state index is 13.0. The fraction of sp³-hybridized carbons (Fsp3) is 0.526. The predicted molar refractivity (Wildman–Crippen MR) is 105 cm³/mol. The van der Waals surface area contributed by atoms with Crippen molar-refractivity contribution in [2.45, 2.75) is 44.2 Å². The molecule has 2 N–H and O–H groups in total. The quantitative estimate of drug-likeness (QED) is 0.712. The van der Waals surface area contributed by atoms with Gasteiger partial charge in [-0.05, 0) is 31.0 Å². The molecule has 2 heterocycles. The zero-order valence-electron chi connectivity index (χ0n) is 15.0. The molecule has 8 heteroatoms. The summed E-state index contributed by atoms with van der Waals surface area (Å²) in [5.41, 5.74) is 0.987. The van der Waals surface area contributed by atoms with Crippen LogP contribution < -0.4 is 10.6 Å². The van der Waals surface area contributed by atoms with Crippen LogP contribution in [0.25, 0.3) is 0 Å². The molecular formula is C19H23BrN4O3. The van der Waals surface area contributed by atoms with Crippen molar-refractivity contribution < 1.29 is 14.4 Å². The third-order valence-electron chi connectivity index (χ3n) is 5.63. The van der Waals surface area contributed by atoms with E-state index in [4.69, 9.17) is 0 Å². The maximum Gasteiger partial charge on any atom is 0.317 e. The molecule has 3 aliphatic rings. The van der Waals surface area contributed by atoms with Gasteiger partial charge in [-0.2, -0.15) is 0 Å². The largest absolute Gasteiger partial charge is 0.335 e. The molecule has 7 nitrogen and oxygen atoms in total. The van der Waals surface area contributed by atoms with E-state index in [1.54, 1.807) is 28.0 Å². The number of piperazine rings is 1. The molecule has 144 valence electrons. The number of halogens is 1. The lowest BCUT2D eigenvalue weighted by Gasteiger charge is -2.40. The average Bonchev–Trinajstić information content (AvgIpc) is 2.78. The first kappa shape index (κ1) is 18.3. The van der Waals surface area contributed by atoms with Crippen molar-refractivity contribution in [3.05, 3.63) is 28.2 Å². The van der Waals surface area contributed by atoms with E-state index in [-0.39, 0.29) is 30.4 Å². The van der Waals surface area contributed by atoms with Crippen LogP contribution in [-0.4, -0.2) is 59.4 Å². The number of nitrogens with one attached hydrogen (secondary N) is 2. The van der Waals surface area contributed by atoms with Gasteiger partial charge in [-0.15, -0.1) is 0 Å². The van der Waals surface area contributed by atoms with Crippen molar-refractivity contribution in [3.8, 4) is 0 Å². The summed E-state index contributed by atoms with van der Waals surface area (Å²) in [6, 6.07) is 4.65. The molecule has 0 aromatic heterocycles. The SMILES string of the molecule is O=C1Nc2ccc(Br)cc2C(=O)N2CCN(C(=O)NC3CCCCC3)C[C@@H]12. The molecule has 1 saturated heterocycles. The van der Waals surface area contributed by atoms with Crippen molar-refractivity contribution in [1.29, 1.82) is 0 Å². The van der Waals surface area contributed by atoms with Gasteiger partial charge in [0.2, 0.25) is 5.91 Å². The maximum absolute atomic E-state index is 13.0. The van der Waals surface area contributed by atoms with E-state index in [2.05, 4.69) is 26.6 Å². The monoisotopic (exact) mass is 434 g/mol. The Morgan fingerprint density at radius 2 is 1.93 bits per heavy atom. The second-order valence-corrected chi connectivity index (χ2v) is 8.34. The highest BCUT2D eigenvalue weighted by Crippen LogP contribution is 2.28. The Labute approximate surface area is 166 Å². The number of carbonyl (C=O) groups is 3. The number of fused-ring (bicyclic) bond motifs is 2. The molecule has 1 atom stereocenters. The van der Waals surface area contributed by atoms with E-state index in [1.807, 2.05) is 0 Å². The molecule has 1 aromatic rings. The van der Waals surface area contributed by atoms with Gasteiger partial charge in [-0.25, -0.2) is 4.79 Å². The topological polar surface area (TPSA) is 81.8 Å². The molecular weight excluding hydrogens is 412 g/mol. The molecule has 0 bridgehead atoms. The zero-order chi connectivity index (χ0) is 19.0. The Morgan fingerprint density at radius 1 is 1.15 bits per heavy atom. The molecule has 4 rings (SSSR count). The Hall–Kier alpha value is -2.09. The highest BCUT2D eigenvalue weighted by Gasteiger charge is 2.40. The lowest BCUT2D eigenvalue weighted by atomic mass is 9.96. The van der Waals surface area contributed by atoms with Gasteiger partial charge < -0.3 is 20.4 Å². The second-order valence-electron chi connectivity index (χ2n) is 7.42. The number of hydrogen-bond donors (Lipinski definition) is 2. The summed E-state index contributed by atoms with van der Waals surface area (Å²) in [4.78, 5) is 41.6. The Kier molecular flexibility index (Phi) is 5.08. The van der Waals surface area contributed by atoms with Crippen LogP contribution in [0, 0.1) is 0 Å². The van der Waals surface area contributed by atoms with Crippen LogP contribution in [-0.2, 0) is 4.79 Å². The van der Waals surface area contributed by atoms with Crippen molar-refractivity contribution in [1.82, 2.24) is 15.1 Å². The fourth-order valence-corrected chi connectivity index (χ4v) is 4.48. The van der Waals surface area contributed by atoms with E-state index in [1.165, 1.54) is 6.42 Å². The van der Waals surface area contributed by atoms with Crippen LogP contribution >= 0.6 is 15.9 Å². The van der Waals surface area contributed by atoms with Gasteiger partial charge >= 0.3 is 6.03 Å². The van der Waals surface area contributed by atoms with Crippen LogP contribution in [0.4, 0.5) is 10.5 Å².